The molecule has 2 heterocycles. The summed E-state index contributed by atoms with van der Waals surface area (Å²) in [5.41, 5.74) is 2.10. The molecule has 0 fully saturated rings. The van der Waals surface area contributed by atoms with Crippen LogP contribution in [0.4, 0.5) is 0 Å². The van der Waals surface area contributed by atoms with E-state index in [4.69, 9.17) is 18.9 Å². The molecule has 0 radical (unpaired) electrons. The van der Waals surface area contributed by atoms with Crippen LogP contribution in [0.2, 0.25) is 0 Å². The summed E-state index contributed by atoms with van der Waals surface area (Å²) in [6.07, 6.45) is 2.52. The number of benzene rings is 2. The molecule has 3 aromatic rings. The molecular weight excluding hydrogens is 354 g/mol. The van der Waals surface area contributed by atoms with Crippen molar-refractivity contribution in [3.05, 3.63) is 53.9 Å². The Morgan fingerprint density at radius 2 is 1.85 bits per heavy atom. The number of pyridine rings is 1. The summed E-state index contributed by atoms with van der Waals surface area (Å²) in [4.78, 5) is 4.57. The number of hydrogen-bond acceptors (Lipinski definition) is 5. The lowest BCUT2D eigenvalue weighted by Gasteiger charge is -2.12. The Morgan fingerprint density at radius 3 is 2.62 bits per heavy atom. The van der Waals surface area contributed by atoms with E-state index in [0.717, 1.165) is 45.0 Å². The molecule has 0 amide bonds. The third-order valence-corrected chi connectivity index (χ3v) is 4.24. The number of halogens is 1. The zero-order valence-electron chi connectivity index (χ0n) is 14.7. The largest absolute Gasteiger partial charge is 0.493 e. The monoisotopic (exact) mass is 373 g/mol. The van der Waals surface area contributed by atoms with E-state index in [2.05, 4.69) is 4.98 Å². The molecule has 1 aliphatic rings. The van der Waals surface area contributed by atoms with Gasteiger partial charge >= 0.3 is 0 Å². The second-order valence-corrected chi connectivity index (χ2v) is 5.78. The lowest BCUT2D eigenvalue weighted by atomic mass is 10.0. The molecule has 0 unspecified atom stereocenters. The molecule has 0 bridgehead atoms. The van der Waals surface area contributed by atoms with Gasteiger partial charge in [0.2, 0.25) is 6.79 Å². The predicted molar refractivity (Wildman–Crippen MR) is 102 cm³/mol. The fourth-order valence-corrected chi connectivity index (χ4v) is 3.05. The molecule has 0 atom stereocenters. The van der Waals surface area contributed by atoms with Gasteiger partial charge in [-0.2, -0.15) is 0 Å². The maximum absolute atomic E-state index is 5.58. The third kappa shape index (κ3) is 3.35. The van der Waals surface area contributed by atoms with Crippen LogP contribution in [0.3, 0.4) is 0 Å². The van der Waals surface area contributed by atoms with E-state index in [-0.39, 0.29) is 19.2 Å². The molecule has 5 nitrogen and oxygen atoms in total. The van der Waals surface area contributed by atoms with Crippen LogP contribution >= 0.6 is 12.4 Å². The number of hydrogen-bond donors (Lipinski definition) is 0. The molecule has 1 aliphatic heterocycles. The zero-order chi connectivity index (χ0) is 17.2. The highest BCUT2D eigenvalue weighted by molar-refractivity contribution is 5.88. The smallest absolute Gasteiger partial charge is 0.231 e. The number of ether oxygens (including phenoxy) is 4. The zero-order valence-corrected chi connectivity index (χ0v) is 15.5. The van der Waals surface area contributed by atoms with E-state index >= 15 is 0 Å². The van der Waals surface area contributed by atoms with Gasteiger partial charge in [0.05, 0.1) is 19.4 Å². The van der Waals surface area contributed by atoms with Gasteiger partial charge in [-0.05, 0) is 48.2 Å². The summed E-state index contributed by atoms with van der Waals surface area (Å²) in [5.74, 6) is 3.04. The molecule has 4 rings (SSSR count). The second-order valence-electron chi connectivity index (χ2n) is 5.78. The maximum Gasteiger partial charge on any atom is 0.231 e. The molecule has 1 aromatic heterocycles. The molecule has 2 aromatic carbocycles. The predicted octanol–water partition coefficient (Wildman–Crippen LogP) is 4.38. The number of nitrogens with zero attached hydrogens (tertiary/aromatic N) is 1. The molecule has 0 saturated heterocycles. The molecule has 6 heteroatoms. The molecule has 0 N–H and O–H groups in total. The molecular formula is C20H20ClNO4. The van der Waals surface area contributed by atoms with Crippen LogP contribution in [-0.4, -0.2) is 25.5 Å². The molecule has 26 heavy (non-hydrogen) atoms. The summed E-state index contributed by atoms with van der Waals surface area (Å²) >= 11 is 0. The van der Waals surface area contributed by atoms with Crippen LogP contribution < -0.4 is 18.9 Å². The normalized spacial score (nSPS) is 11.9. The summed E-state index contributed by atoms with van der Waals surface area (Å²) < 4.78 is 22.0. The quantitative estimate of drug-likeness (QED) is 0.664. The van der Waals surface area contributed by atoms with E-state index in [0.29, 0.717) is 13.0 Å². The van der Waals surface area contributed by atoms with E-state index < -0.39 is 0 Å². The Kier molecular flexibility index (Phi) is 5.38. The summed E-state index contributed by atoms with van der Waals surface area (Å²) in [5, 5.41) is 2.16. The highest BCUT2D eigenvalue weighted by Crippen LogP contribution is 2.37. The lowest BCUT2D eigenvalue weighted by Crippen LogP contribution is -1.98. The number of methoxy groups -OCH3 is 1. The minimum absolute atomic E-state index is 0. The van der Waals surface area contributed by atoms with Gasteiger partial charge in [-0.1, -0.05) is 6.07 Å². The Hall–Kier alpha value is -2.66. The Labute approximate surface area is 158 Å². The van der Waals surface area contributed by atoms with Crippen molar-refractivity contribution in [2.24, 2.45) is 0 Å². The molecule has 136 valence electrons. The van der Waals surface area contributed by atoms with Crippen LogP contribution in [0, 0.1) is 0 Å². The van der Waals surface area contributed by atoms with Crippen molar-refractivity contribution in [3.8, 4) is 23.0 Å². The average Bonchev–Trinajstić information content (AvgIpc) is 3.09. The van der Waals surface area contributed by atoms with E-state index in [9.17, 15) is 0 Å². The van der Waals surface area contributed by atoms with Gasteiger partial charge in [0.1, 0.15) is 0 Å². The SMILES string of the molecule is CCOc1ccc(Cc2nccc3cc4c(cc23)OCO4)cc1OC.Cl. The first kappa shape index (κ1) is 18.1. The van der Waals surface area contributed by atoms with Crippen LogP contribution in [-0.2, 0) is 6.42 Å². The van der Waals surface area contributed by atoms with Crippen molar-refractivity contribution in [3.63, 3.8) is 0 Å². The first-order chi connectivity index (χ1) is 12.3. The highest BCUT2D eigenvalue weighted by Gasteiger charge is 2.16. The summed E-state index contributed by atoms with van der Waals surface area (Å²) in [7, 11) is 1.65. The van der Waals surface area contributed by atoms with Crippen molar-refractivity contribution in [1.82, 2.24) is 4.98 Å². The highest BCUT2D eigenvalue weighted by atomic mass is 35.5. The Bertz CT molecular complexity index is 929. The van der Waals surface area contributed by atoms with Gasteiger partial charge in [-0.3, -0.25) is 4.98 Å². The van der Waals surface area contributed by atoms with Crippen molar-refractivity contribution < 1.29 is 18.9 Å². The van der Waals surface area contributed by atoms with Gasteiger partial charge in [-0.15, -0.1) is 12.4 Å². The third-order valence-electron chi connectivity index (χ3n) is 4.24. The Morgan fingerprint density at radius 1 is 1.04 bits per heavy atom. The van der Waals surface area contributed by atoms with Gasteiger partial charge in [-0.25, -0.2) is 0 Å². The summed E-state index contributed by atoms with van der Waals surface area (Å²) in [6.45, 7) is 2.83. The fraction of sp³-hybridized carbons (Fsp3) is 0.250. The van der Waals surface area contributed by atoms with E-state index in [1.165, 1.54) is 0 Å². The number of fused-ring (bicyclic) bond motifs is 2. The minimum Gasteiger partial charge on any atom is -0.493 e. The van der Waals surface area contributed by atoms with Crippen molar-refractivity contribution >= 4 is 23.2 Å². The van der Waals surface area contributed by atoms with Crippen molar-refractivity contribution in [2.75, 3.05) is 20.5 Å². The minimum atomic E-state index is 0. The first-order valence-corrected chi connectivity index (χ1v) is 8.25. The van der Waals surface area contributed by atoms with E-state index in [1.54, 1.807) is 7.11 Å². The van der Waals surface area contributed by atoms with Gasteiger partial charge in [0, 0.05) is 18.0 Å². The molecule has 0 spiro atoms. The van der Waals surface area contributed by atoms with Gasteiger partial charge < -0.3 is 18.9 Å². The van der Waals surface area contributed by atoms with Gasteiger partial charge in [0.25, 0.3) is 0 Å². The molecule has 0 aliphatic carbocycles. The summed E-state index contributed by atoms with van der Waals surface area (Å²) in [6, 6.07) is 12.0. The molecule has 0 saturated carbocycles. The topological polar surface area (TPSA) is 49.8 Å². The standard InChI is InChI=1S/C20H19NO4.ClH/c1-3-23-17-5-4-13(9-18(17)22-2)8-16-15-11-20-19(24-12-25-20)10-14(15)6-7-21-16;/h4-7,9-11H,3,8,12H2,1-2H3;1H. The van der Waals surface area contributed by atoms with Crippen LogP contribution in [0.5, 0.6) is 23.0 Å². The van der Waals surface area contributed by atoms with Gasteiger partial charge in [0.15, 0.2) is 23.0 Å². The maximum atomic E-state index is 5.58. The van der Waals surface area contributed by atoms with Crippen LogP contribution in [0.25, 0.3) is 10.8 Å². The average molecular weight is 374 g/mol. The van der Waals surface area contributed by atoms with Crippen molar-refractivity contribution in [2.45, 2.75) is 13.3 Å². The first-order valence-electron chi connectivity index (χ1n) is 8.25. The number of rotatable bonds is 5. The van der Waals surface area contributed by atoms with Crippen LogP contribution in [0.1, 0.15) is 18.2 Å². The van der Waals surface area contributed by atoms with E-state index in [1.807, 2.05) is 49.5 Å². The van der Waals surface area contributed by atoms with Crippen LogP contribution in [0.15, 0.2) is 42.6 Å². The number of aromatic nitrogens is 1. The Balaban J connectivity index is 0.00000196. The fourth-order valence-electron chi connectivity index (χ4n) is 3.05. The lowest BCUT2D eigenvalue weighted by molar-refractivity contribution is 0.174. The second kappa shape index (κ2) is 7.70. The van der Waals surface area contributed by atoms with Crippen molar-refractivity contribution in [1.29, 1.82) is 0 Å².